The molecule has 0 spiro atoms. The molecule has 1 aromatic rings. The fraction of sp³-hybridized carbons (Fsp3) is 0.474. The van der Waals surface area contributed by atoms with Gasteiger partial charge in [0.25, 0.3) is 5.91 Å². The second-order valence-electron chi connectivity index (χ2n) is 6.65. The number of carbonyl (C=O) groups excluding carboxylic acids is 3. The van der Waals surface area contributed by atoms with Gasteiger partial charge in [-0.1, -0.05) is 0 Å². The van der Waals surface area contributed by atoms with Gasteiger partial charge in [-0.05, 0) is 61.3 Å². The van der Waals surface area contributed by atoms with E-state index in [2.05, 4.69) is 15.6 Å². The summed E-state index contributed by atoms with van der Waals surface area (Å²) in [5.41, 5.74) is 0.410. The van der Waals surface area contributed by atoms with E-state index in [-0.39, 0.29) is 37.5 Å². The number of halogens is 1. The third-order valence-electron chi connectivity index (χ3n) is 4.05. The van der Waals surface area contributed by atoms with Crippen LogP contribution >= 0.6 is 22.6 Å². The number of hydrogen-bond donors (Lipinski definition) is 4. The smallest absolute Gasteiger partial charge is 0.408 e. The normalized spacial score (nSPS) is 12.3. The van der Waals surface area contributed by atoms with Crippen LogP contribution in [0.4, 0.5) is 4.79 Å². The van der Waals surface area contributed by atoms with Gasteiger partial charge in [0, 0.05) is 28.9 Å². The Morgan fingerprint density at radius 3 is 2.39 bits per heavy atom. The van der Waals surface area contributed by atoms with E-state index in [4.69, 9.17) is 9.84 Å². The standard InChI is InChI=1S/C19H24IN3O8/c1-11(24)5-6-14(17(26)27)23-19(30)31-15(18(28)29)4-2-3-7-22-16(25)12-8-13(20)10-21-9-12/h8-10,14-15H,2-7H2,1H3,(H,22,25)(H,23,30)(H,26,27)(H,28,29)/t14-,15-/m0/s1/i20-4. The average Bonchev–Trinajstić information content (AvgIpc) is 2.69. The molecule has 4 N–H and O–H groups in total. The minimum atomic E-state index is -1.47. The SMILES string of the molecule is CC(=O)CC[C@H](NC(=O)O[C@@H](CCCCNC(=O)c1cncc([123I])c1)C(=O)O)C(=O)O. The molecular weight excluding hydrogens is 521 g/mol. The minimum Gasteiger partial charge on any atom is -0.480 e. The second kappa shape index (κ2) is 13.5. The van der Waals surface area contributed by atoms with E-state index in [1.807, 2.05) is 22.6 Å². The maximum absolute atomic E-state index is 12.0. The fourth-order valence-electron chi connectivity index (χ4n) is 2.44. The van der Waals surface area contributed by atoms with Gasteiger partial charge in [-0.3, -0.25) is 9.78 Å². The van der Waals surface area contributed by atoms with Gasteiger partial charge in [0.15, 0.2) is 0 Å². The van der Waals surface area contributed by atoms with Gasteiger partial charge in [-0.2, -0.15) is 0 Å². The van der Waals surface area contributed by atoms with Crippen molar-refractivity contribution in [1.82, 2.24) is 15.6 Å². The van der Waals surface area contributed by atoms with E-state index in [0.29, 0.717) is 18.4 Å². The number of Topliss-reactive ketones (excluding diaryl/α,β-unsaturated/α-hetero) is 1. The fourth-order valence-corrected chi connectivity index (χ4v) is 2.93. The molecular formula is C19H24IN3O8. The van der Waals surface area contributed by atoms with Gasteiger partial charge >= 0.3 is 18.0 Å². The molecule has 31 heavy (non-hydrogen) atoms. The molecule has 11 nitrogen and oxygen atoms in total. The van der Waals surface area contributed by atoms with Crippen molar-refractivity contribution in [3.8, 4) is 0 Å². The van der Waals surface area contributed by atoms with Crippen molar-refractivity contribution in [2.75, 3.05) is 6.54 Å². The van der Waals surface area contributed by atoms with Crippen LogP contribution in [0, 0.1) is 3.57 Å². The predicted octanol–water partition coefficient (Wildman–Crippen LogP) is 1.59. The molecule has 170 valence electrons. The molecule has 1 aromatic heterocycles. The highest BCUT2D eigenvalue weighted by molar-refractivity contribution is 14.1. The number of carboxylic acids is 2. The summed E-state index contributed by atoms with van der Waals surface area (Å²) in [7, 11) is 0. The highest BCUT2D eigenvalue weighted by Crippen LogP contribution is 2.08. The number of ketones is 1. The molecule has 12 heteroatoms. The van der Waals surface area contributed by atoms with E-state index in [0.717, 1.165) is 3.57 Å². The molecule has 0 radical (unpaired) electrons. The number of aromatic nitrogens is 1. The number of nitrogens with one attached hydrogen (secondary N) is 2. The maximum Gasteiger partial charge on any atom is 0.408 e. The van der Waals surface area contributed by atoms with Crippen molar-refractivity contribution in [2.45, 2.75) is 51.2 Å². The summed E-state index contributed by atoms with van der Waals surface area (Å²) in [6, 6.07) is 0.313. The Bertz CT molecular complexity index is 817. The molecule has 0 aliphatic carbocycles. The second-order valence-corrected chi connectivity index (χ2v) is 7.90. The van der Waals surface area contributed by atoms with Gasteiger partial charge in [0.1, 0.15) is 11.8 Å². The van der Waals surface area contributed by atoms with Gasteiger partial charge in [0.05, 0.1) is 5.56 Å². The zero-order valence-corrected chi connectivity index (χ0v) is 19.0. The van der Waals surface area contributed by atoms with Crippen molar-refractivity contribution in [3.05, 3.63) is 27.6 Å². The lowest BCUT2D eigenvalue weighted by Crippen LogP contribution is -2.43. The van der Waals surface area contributed by atoms with Crippen LogP contribution in [0.5, 0.6) is 0 Å². The van der Waals surface area contributed by atoms with E-state index in [1.54, 1.807) is 12.3 Å². The average molecular weight is 545 g/mol. The number of unbranched alkanes of at least 4 members (excludes halogenated alkanes) is 1. The molecule has 0 saturated heterocycles. The predicted molar refractivity (Wildman–Crippen MR) is 116 cm³/mol. The third kappa shape index (κ3) is 10.7. The van der Waals surface area contributed by atoms with Crippen LogP contribution in [0.3, 0.4) is 0 Å². The van der Waals surface area contributed by atoms with E-state index in [1.165, 1.54) is 13.1 Å². The van der Waals surface area contributed by atoms with Gasteiger partial charge < -0.3 is 30.4 Å². The Kier molecular flexibility index (Phi) is 11.5. The highest BCUT2D eigenvalue weighted by Gasteiger charge is 2.26. The maximum atomic E-state index is 12.0. The Labute approximate surface area is 192 Å². The molecule has 0 unspecified atom stereocenters. The summed E-state index contributed by atoms with van der Waals surface area (Å²) < 4.78 is 5.63. The van der Waals surface area contributed by atoms with Crippen LogP contribution in [-0.4, -0.2) is 63.6 Å². The Balaban J connectivity index is 2.42. The number of pyridine rings is 1. The van der Waals surface area contributed by atoms with Crippen LogP contribution < -0.4 is 10.6 Å². The minimum absolute atomic E-state index is 0.0192. The van der Waals surface area contributed by atoms with E-state index in [9.17, 15) is 29.1 Å². The highest BCUT2D eigenvalue weighted by atomic mass is 123. The van der Waals surface area contributed by atoms with Crippen LogP contribution in [0.25, 0.3) is 0 Å². The van der Waals surface area contributed by atoms with Crippen LogP contribution in [0.2, 0.25) is 0 Å². The number of hydrogen-bond acceptors (Lipinski definition) is 7. The number of ether oxygens (including phenoxy) is 1. The zero-order chi connectivity index (χ0) is 23.4. The molecule has 0 aromatic carbocycles. The first-order chi connectivity index (χ1) is 14.6. The number of alkyl carbamates (subject to hydrolysis) is 1. The molecule has 2 amide bonds. The third-order valence-corrected chi connectivity index (χ3v) is 4.64. The number of rotatable bonds is 13. The molecule has 0 aliphatic heterocycles. The van der Waals surface area contributed by atoms with Crippen LogP contribution in [0.15, 0.2) is 18.5 Å². The van der Waals surface area contributed by atoms with Crippen molar-refractivity contribution < 1.29 is 38.9 Å². The summed E-state index contributed by atoms with van der Waals surface area (Å²) in [4.78, 5) is 61.3. The number of carboxylic acid groups (broad SMARTS) is 2. The first-order valence-electron chi connectivity index (χ1n) is 9.41. The van der Waals surface area contributed by atoms with Gasteiger partial charge in [0.2, 0.25) is 6.10 Å². The van der Waals surface area contributed by atoms with Gasteiger partial charge in [-0.25, -0.2) is 14.4 Å². The topological polar surface area (TPSA) is 172 Å². The Morgan fingerprint density at radius 1 is 1.10 bits per heavy atom. The van der Waals surface area contributed by atoms with Crippen molar-refractivity contribution in [1.29, 1.82) is 0 Å². The first-order valence-corrected chi connectivity index (χ1v) is 10.5. The molecule has 2 atom stereocenters. The number of nitrogens with zero attached hydrogens (tertiary/aromatic N) is 1. The molecule has 0 saturated carbocycles. The number of aliphatic carboxylic acids is 2. The quantitative estimate of drug-likeness (QED) is 0.212. The zero-order valence-electron chi connectivity index (χ0n) is 16.8. The molecule has 0 bridgehead atoms. The van der Waals surface area contributed by atoms with Gasteiger partial charge in [-0.15, -0.1) is 0 Å². The summed E-state index contributed by atoms with van der Waals surface area (Å²) in [5, 5.41) is 23.0. The summed E-state index contributed by atoms with van der Waals surface area (Å²) >= 11 is 2.04. The lowest BCUT2D eigenvalue weighted by atomic mass is 10.1. The first kappa shape index (κ1) is 26.3. The Morgan fingerprint density at radius 2 is 1.81 bits per heavy atom. The molecule has 1 rings (SSSR count). The number of amides is 2. The largest absolute Gasteiger partial charge is 0.480 e. The Hall–Kier alpha value is -2.77. The number of carbonyl (C=O) groups is 5. The lowest BCUT2D eigenvalue weighted by Gasteiger charge is -2.17. The molecule has 0 aliphatic rings. The van der Waals surface area contributed by atoms with Crippen LogP contribution in [0.1, 0.15) is 49.4 Å². The molecule has 1 heterocycles. The van der Waals surface area contributed by atoms with Crippen molar-refractivity contribution in [3.63, 3.8) is 0 Å². The summed E-state index contributed by atoms with van der Waals surface area (Å²) in [5.74, 6) is -3.28. The van der Waals surface area contributed by atoms with E-state index < -0.39 is 30.2 Å². The summed E-state index contributed by atoms with van der Waals surface area (Å²) in [6.07, 6.45) is 0.953. The monoisotopic (exact) mass is 545 g/mol. The van der Waals surface area contributed by atoms with Crippen molar-refractivity contribution in [2.24, 2.45) is 0 Å². The van der Waals surface area contributed by atoms with Crippen molar-refractivity contribution >= 4 is 52.3 Å². The summed E-state index contributed by atoms with van der Waals surface area (Å²) in [6.45, 7) is 1.58. The molecule has 0 fully saturated rings. The van der Waals surface area contributed by atoms with E-state index >= 15 is 0 Å². The van der Waals surface area contributed by atoms with Crippen LogP contribution in [-0.2, 0) is 19.1 Å². The lowest BCUT2D eigenvalue weighted by molar-refractivity contribution is -0.147.